The van der Waals surface area contributed by atoms with E-state index in [-0.39, 0.29) is 5.96 Å². The molecule has 0 unspecified atom stereocenters. The Kier molecular flexibility index (Phi) is 3.73. The van der Waals surface area contributed by atoms with Crippen LogP contribution in [-0.4, -0.2) is 17.5 Å². The van der Waals surface area contributed by atoms with Crippen LogP contribution in [0.4, 0.5) is 0 Å². The lowest BCUT2D eigenvalue weighted by Crippen LogP contribution is -2.43. The number of hydrazine groups is 1. The summed E-state index contributed by atoms with van der Waals surface area (Å²) in [6, 6.07) is 7.50. The van der Waals surface area contributed by atoms with Crippen LogP contribution < -0.4 is 11.6 Å². The summed E-state index contributed by atoms with van der Waals surface area (Å²) in [5, 5.41) is 8.97. The van der Waals surface area contributed by atoms with Crippen LogP contribution in [0.3, 0.4) is 0 Å². The Morgan fingerprint density at radius 1 is 1.36 bits per heavy atom. The third-order valence-electron chi connectivity index (χ3n) is 1.86. The maximum atomic E-state index is 7.06. The van der Waals surface area contributed by atoms with E-state index in [0.717, 1.165) is 12.0 Å². The molecule has 0 aliphatic rings. The molecule has 1 aromatic carbocycles. The molecule has 0 amide bonds. The molecule has 0 saturated heterocycles. The molecule has 0 bridgehead atoms. The Morgan fingerprint density at radius 2 is 1.93 bits per heavy atom. The first kappa shape index (κ1) is 10.8. The van der Waals surface area contributed by atoms with Gasteiger partial charge in [-0.1, -0.05) is 23.7 Å². The maximum absolute atomic E-state index is 7.06. The number of hydrogen-bond donors (Lipinski definition) is 3. The molecule has 0 fully saturated rings. The summed E-state index contributed by atoms with van der Waals surface area (Å²) in [6.07, 6.45) is 0.743. The topological polar surface area (TPSA) is 79.1 Å². The minimum Gasteiger partial charge on any atom is -0.369 e. The molecule has 0 aromatic heterocycles. The Hall–Kier alpha value is -1.26. The van der Waals surface area contributed by atoms with Crippen LogP contribution in [0.25, 0.3) is 0 Å². The van der Waals surface area contributed by atoms with Crippen molar-refractivity contribution in [2.24, 2.45) is 11.6 Å². The first-order valence-electron chi connectivity index (χ1n) is 4.20. The van der Waals surface area contributed by atoms with Crippen molar-refractivity contribution in [2.45, 2.75) is 6.42 Å². The maximum Gasteiger partial charge on any atom is 0.202 e. The molecule has 4 nitrogen and oxygen atoms in total. The zero-order chi connectivity index (χ0) is 10.6. The molecule has 14 heavy (non-hydrogen) atoms. The van der Waals surface area contributed by atoms with Crippen molar-refractivity contribution in [1.82, 2.24) is 5.01 Å². The minimum atomic E-state index is -0.126. The standard InChI is InChI=1S/C9H13ClN4/c10-8-3-1-7(2-4-8)5-6-14(13)9(11)12/h1-4H,5-6,13H2,(H3,11,12). The number of rotatable bonds is 3. The third-order valence-corrected chi connectivity index (χ3v) is 2.12. The molecule has 5 N–H and O–H groups in total. The molecule has 1 rings (SSSR count). The Balaban J connectivity index is 2.46. The van der Waals surface area contributed by atoms with Crippen molar-refractivity contribution in [3.8, 4) is 0 Å². The summed E-state index contributed by atoms with van der Waals surface area (Å²) >= 11 is 5.74. The highest BCUT2D eigenvalue weighted by molar-refractivity contribution is 6.30. The van der Waals surface area contributed by atoms with Gasteiger partial charge in [0, 0.05) is 11.6 Å². The molecular formula is C9H13ClN4. The summed E-state index contributed by atoms with van der Waals surface area (Å²) in [5.41, 5.74) is 6.30. The summed E-state index contributed by atoms with van der Waals surface area (Å²) < 4.78 is 0. The van der Waals surface area contributed by atoms with Gasteiger partial charge in [-0.2, -0.15) is 0 Å². The van der Waals surface area contributed by atoms with Crippen molar-refractivity contribution in [3.63, 3.8) is 0 Å². The average Bonchev–Trinajstić information content (AvgIpc) is 2.16. The molecule has 0 saturated carbocycles. The van der Waals surface area contributed by atoms with Crippen LogP contribution >= 0.6 is 11.6 Å². The van der Waals surface area contributed by atoms with E-state index >= 15 is 0 Å². The van der Waals surface area contributed by atoms with Gasteiger partial charge in [-0.25, -0.2) is 5.84 Å². The fourth-order valence-corrected chi connectivity index (χ4v) is 1.15. The minimum absolute atomic E-state index is 0.126. The van der Waals surface area contributed by atoms with Gasteiger partial charge in [-0.3, -0.25) is 10.4 Å². The van der Waals surface area contributed by atoms with Crippen molar-refractivity contribution in [3.05, 3.63) is 34.9 Å². The highest BCUT2D eigenvalue weighted by Crippen LogP contribution is 2.09. The predicted molar refractivity (Wildman–Crippen MR) is 58.0 cm³/mol. The van der Waals surface area contributed by atoms with Gasteiger partial charge in [0.25, 0.3) is 0 Å². The predicted octanol–water partition coefficient (Wildman–Crippen LogP) is 0.952. The zero-order valence-corrected chi connectivity index (χ0v) is 8.46. The second-order valence-corrected chi connectivity index (χ2v) is 3.39. The fraction of sp³-hybridized carbons (Fsp3) is 0.222. The smallest absolute Gasteiger partial charge is 0.202 e. The molecular weight excluding hydrogens is 200 g/mol. The Bertz CT molecular complexity index is 309. The molecule has 0 aliphatic carbocycles. The molecule has 0 heterocycles. The second-order valence-electron chi connectivity index (χ2n) is 2.96. The van der Waals surface area contributed by atoms with Gasteiger partial charge in [-0.15, -0.1) is 0 Å². The van der Waals surface area contributed by atoms with Gasteiger partial charge in [0.15, 0.2) is 0 Å². The highest BCUT2D eigenvalue weighted by atomic mass is 35.5. The number of nitrogens with one attached hydrogen (secondary N) is 1. The fourth-order valence-electron chi connectivity index (χ4n) is 1.02. The molecule has 0 spiro atoms. The van der Waals surface area contributed by atoms with Gasteiger partial charge in [0.1, 0.15) is 0 Å². The molecule has 0 atom stereocenters. The molecule has 5 heteroatoms. The van der Waals surface area contributed by atoms with E-state index in [2.05, 4.69) is 0 Å². The lowest BCUT2D eigenvalue weighted by molar-refractivity contribution is 0.436. The van der Waals surface area contributed by atoms with Gasteiger partial charge in [-0.05, 0) is 24.1 Å². The molecule has 0 aliphatic heterocycles. The number of guanidine groups is 1. The van der Waals surface area contributed by atoms with Crippen LogP contribution in [0.1, 0.15) is 5.56 Å². The van der Waals surface area contributed by atoms with E-state index in [1.165, 1.54) is 5.01 Å². The van der Waals surface area contributed by atoms with Crippen molar-refractivity contribution >= 4 is 17.6 Å². The third kappa shape index (κ3) is 3.24. The van der Waals surface area contributed by atoms with E-state index < -0.39 is 0 Å². The van der Waals surface area contributed by atoms with E-state index in [4.69, 9.17) is 28.6 Å². The quantitative estimate of drug-likeness (QED) is 0.302. The lowest BCUT2D eigenvalue weighted by Gasteiger charge is -2.15. The number of nitrogens with zero attached hydrogens (tertiary/aromatic N) is 1. The SMILES string of the molecule is N=C(N)N(N)CCc1ccc(Cl)cc1. The first-order chi connectivity index (χ1) is 6.59. The van der Waals surface area contributed by atoms with Crippen molar-refractivity contribution < 1.29 is 0 Å². The largest absolute Gasteiger partial charge is 0.369 e. The van der Waals surface area contributed by atoms with Crippen molar-refractivity contribution in [2.75, 3.05) is 6.54 Å². The van der Waals surface area contributed by atoms with Crippen LogP contribution in [0, 0.1) is 5.41 Å². The lowest BCUT2D eigenvalue weighted by atomic mass is 10.1. The number of halogens is 1. The van der Waals surface area contributed by atoms with E-state index in [1.807, 2.05) is 24.3 Å². The van der Waals surface area contributed by atoms with Gasteiger partial charge in [0.2, 0.25) is 5.96 Å². The van der Waals surface area contributed by atoms with E-state index in [9.17, 15) is 0 Å². The van der Waals surface area contributed by atoms with E-state index in [1.54, 1.807) is 0 Å². The molecule has 76 valence electrons. The van der Waals surface area contributed by atoms with Gasteiger partial charge >= 0.3 is 0 Å². The number of benzene rings is 1. The van der Waals surface area contributed by atoms with Crippen LogP contribution in [0.2, 0.25) is 5.02 Å². The Morgan fingerprint density at radius 3 is 2.43 bits per heavy atom. The second kappa shape index (κ2) is 4.83. The zero-order valence-electron chi connectivity index (χ0n) is 7.70. The number of nitrogens with two attached hydrogens (primary N) is 2. The summed E-state index contributed by atoms with van der Waals surface area (Å²) in [6.45, 7) is 0.525. The van der Waals surface area contributed by atoms with Crippen molar-refractivity contribution in [1.29, 1.82) is 5.41 Å². The summed E-state index contributed by atoms with van der Waals surface area (Å²) in [4.78, 5) is 0. The first-order valence-corrected chi connectivity index (χ1v) is 4.58. The Labute approximate surface area is 87.9 Å². The summed E-state index contributed by atoms with van der Waals surface area (Å²) in [5.74, 6) is 5.33. The van der Waals surface area contributed by atoms with Gasteiger partial charge < -0.3 is 5.73 Å². The van der Waals surface area contributed by atoms with Crippen LogP contribution in [0.5, 0.6) is 0 Å². The average molecular weight is 213 g/mol. The monoisotopic (exact) mass is 212 g/mol. The number of hydrogen-bond acceptors (Lipinski definition) is 2. The molecule has 0 radical (unpaired) electrons. The van der Waals surface area contributed by atoms with E-state index in [0.29, 0.717) is 11.6 Å². The van der Waals surface area contributed by atoms with Gasteiger partial charge in [0.05, 0.1) is 0 Å². The normalized spacial score (nSPS) is 9.86. The van der Waals surface area contributed by atoms with Crippen LogP contribution in [0.15, 0.2) is 24.3 Å². The highest BCUT2D eigenvalue weighted by Gasteiger charge is 2.00. The van der Waals surface area contributed by atoms with Crippen LogP contribution in [-0.2, 0) is 6.42 Å². The molecule has 1 aromatic rings. The summed E-state index contributed by atoms with van der Waals surface area (Å²) in [7, 11) is 0.